The van der Waals surface area contributed by atoms with E-state index in [0.29, 0.717) is 17.8 Å². The lowest BCUT2D eigenvalue weighted by Gasteiger charge is -2.28. The summed E-state index contributed by atoms with van der Waals surface area (Å²) in [6, 6.07) is 0.490. The Morgan fingerprint density at radius 1 is 1.26 bits per heavy atom. The van der Waals surface area contributed by atoms with Gasteiger partial charge in [-0.2, -0.15) is 0 Å². The Hall–Kier alpha value is -1.32. The molecular formula is C15H25N3O. The number of hydrogen-bond donors (Lipinski definition) is 1. The van der Waals surface area contributed by atoms with E-state index in [2.05, 4.69) is 17.2 Å². The summed E-state index contributed by atoms with van der Waals surface area (Å²) in [7, 11) is 0. The second kappa shape index (κ2) is 6.22. The monoisotopic (exact) mass is 263 g/mol. The van der Waals surface area contributed by atoms with E-state index in [4.69, 9.17) is 0 Å². The van der Waals surface area contributed by atoms with Crippen molar-refractivity contribution in [2.45, 2.75) is 65.0 Å². The maximum atomic E-state index is 12.3. The van der Waals surface area contributed by atoms with Gasteiger partial charge in [-0.25, -0.2) is 4.98 Å². The third-order valence-corrected chi connectivity index (χ3v) is 4.15. The predicted molar refractivity (Wildman–Crippen MR) is 78.5 cm³/mol. The van der Waals surface area contributed by atoms with Crippen LogP contribution in [0.5, 0.6) is 0 Å². The average molecular weight is 263 g/mol. The molecule has 0 bridgehead atoms. The maximum absolute atomic E-state index is 12.3. The first-order valence-corrected chi connectivity index (χ1v) is 7.43. The zero-order valence-corrected chi connectivity index (χ0v) is 12.2. The van der Waals surface area contributed by atoms with Gasteiger partial charge in [0, 0.05) is 24.5 Å². The van der Waals surface area contributed by atoms with Gasteiger partial charge in [-0.3, -0.25) is 4.79 Å². The van der Waals surface area contributed by atoms with E-state index in [1.54, 1.807) is 17.0 Å². The van der Waals surface area contributed by atoms with Gasteiger partial charge in [0.2, 0.25) is 0 Å². The molecule has 19 heavy (non-hydrogen) atoms. The molecule has 106 valence electrons. The van der Waals surface area contributed by atoms with Gasteiger partial charge in [-0.15, -0.1) is 0 Å². The fourth-order valence-corrected chi connectivity index (χ4v) is 2.90. The molecule has 0 radical (unpaired) electrons. The number of nitrogens with one attached hydrogen (secondary N) is 1. The molecule has 0 amide bonds. The maximum Gasteiger partial charge on any atom is 0.293 e. The zero-order chi connectivity index (χ0) is 13.8. The van der Waals surface area contributed by atoms with Crippen molar-refractivity contribution in [1.29, 1.82) is 0 Å². The van der Waals surface area contributed by atoms with Gasteiger partial charge in [0.25, 0.3) is 5.56 Å². The van der Waals surface area contributed by atoms with Gasteiger partial charge in [0.05, 0.1) is 0 Å². The standard InChI is InChI=1S/C15H25N3O/c1-11(2)18-10-9-16-14(15(18)19)17-12(3)13-7-5-4-6-8-13/h9-13H,4-8H2,1-3H3,(H,16,17). The molecule has 1 heterocycles. The number of aromatic nitrogens is 2. The first-order chi connectivity index (χ1) is 9.09. The molecule has 1 aromatic rings. The summed E-state index contributed by atoms with van der Waals surface area (Å²) < 4.78 is 1.73. The Labute approximate surface area is 115 Å². The Morgan fingerprint density at radius 3 is 2.58 bits per heavy atom. The molecule has 1 aromatic heterocycles. The van der Waals surface area contributed by atoms with Crippen LogP contribution in [0.1, 0.15) is 58.9 Å². The highest BCUT2D eigenvalue weighted by molar-refractivity contribution is 5.32. The van der Waals surface area contributed by atoms with Crippen molar-refractivity contribution in [2.75, 3.05) is 5.32 Å². The van der Waals surface area contributed by atoms with Gasteiger partial charge in [-0.05, 0) is 39.5 Å². The molecule has 1 aliphatic carbocycles. The number of nitrogens with zero attached hydrogens (tertiary/aromatic N) is 2. The van der Waals surface area contributed by atoms with E-state index in [1.165, 1.54) is 32.1 Å². The summed E-state index contributed by atoms with van der Waals surface area (Å²) >= 11 is 0. The second-order valence-electron chi connectivity index (χ2n) is 5.91. The molecule has 4 heteroatoms. The lowest BCUT2D eigenvalue weighted by Crippen LogP contribution is -2.33. The quantitative estimate of drug-likeness (QED) is 0.907. The van der Waals surface area contributed by atoms with E-state index in [1.807, 2.05) is 13.8 Å². The van der Waals surface area contributed by atoms with Crippen LogP contribution in [0.25, 0.3) is 0 Å². The zero-order valence-electron chi connectivity index (χ0n) is 12.2. The van der Waals surface area contributed by atoms with Crippen molar-refractivity contribution in [3.05, 3.63) is 22.7 Å². The minimum atomic E-state index is -0.0137. The van der Waals surface area contributed by atoms with Crippen LogP contribution in [0, 0.1) is 5.92 Å². The highest BCUT2D eigenvalue weighted by Crippen LogP contribution is 2.27. The van der Waals surface area contributed by atoms with Crippen molar-refractivity contribution >= 4 is 5.82 Å². The van der Waals surface area contributed by atoms with E-state index < -0.39 is 0 Å². The van der Waals surface area contributed by atoms with E-state index in [0.717, 1.165) is 0 Å². The lowest BCUT2D eigenvalue weighted by atomic mass is 9.84. The van der Waals surface area contributed by atoms with Crippen molar-refractivity contribution in [3.63, 3.8) is 0 Å². The first-order valence-electron chi connectivity index (χ1n) is 7.43. The summed E-state index contributed by atoms with van der Waals surface area (Å²) in [6.45, 7) is 6.19. The largest absolute Gasteiger partial charge is 0.363 e. The minimum absolute atomic E-state index is 0.0137. The molecule has 1 unspecified atom stereocenters. The van der Waals surface area contributed by atoms with Crippen LogP contribution >= 0.6 is 0 Å². The molecule has 2 rings (SSSR count). The molecule has 4 nitrogen and oxygen atoms in total. The molecule has 1 aliphatic rings. The lowest BCUT2D eigenvalue weighted by molar-refractivity contribution is 0.328. The van der Waals surface area contributed by atoms with Crippen LogP contribution < -0.4 is 10.9 Å². The molecule has 1 fully saturated rings. The molecule has 1 N–H and O–H groups in total. The molecule has 0 spiro atoms. The Bertz CT molecular complexity index is 461. The summed E-state index contributed by atoms with van der Waals surface area (Å²) in [6.07, 6.45) is 9.97. The molecule has 0 aromatic carbocycles. The van der Waals surface area contributed by atoms with Crippen molar-refractivity contribution in [3.8, 4) is 0 Å². The topological polar surface area (TPSA) is 46.9 Å². The SMILES string of the molecule is CC(Nc1nccn(C(C)C)c1=O)C1CCCCC1. The van der Waals surface area contributed by atoms with Gasteiger partial charge in [0.1, 0.15) is 0 Å². The van der Waals surface area contributed by atoms with Crippen LogP contribution in [0.4, 0.5) is 5.82 Å². The van der Waals surface area contributed by atoms with Crippen LogP contribution in [0.3, 0.4) is 0 Å². The Morgan fingerprint density at radius 2 is 1.95 bits per heavy atom. The van der Waals surface area contributed by atoms with Crippen LogP contribution in [0.2, 0.25) is 0 Å². The van der Waals surface area contributed by atoms with E-state index in [-0.39, 0.29) is 11.6 Å². The minimum Gasteiger partial charge on any atom is -0.363 e. The summed E-state index contributed by atoms with van der Waals surface area (Å²) in [5.41, 5.74) is -0.0137. The molecule has 0 aliphatic heterocycles. The molecule has 0 saturated heterocycles. The highest BCUT2D eigenvalue weighted by atomic mass is 16.1. The van der Waals surface area contributed by atoms with Gasteiger partial charge in [0.15, 0.2) is 5.82 Å². The fraction of sp³-hybridized carbons (Fsp3) is 0.733. The van der Waals surface area contributed by atoms with Crippen LogP contribution in [-0.2, 0) is 0 Å². The van der Waals surface area contributed by atoms with Gasteiger partial charge < -0.3 is 9.88 Å². The number of hydrogen-bond acceptors (Lipinski definition) is 3. The van der Waals surface area contributed by atoms with Crippen LogP contribution in [0.15, 0.2) is 17.2 Å². The van der Waals surface area contributed by atoms with Crippen molar-refractivity contribution in [1.82, 2.24) is 9.55 Å². The summed E-state index contributed by atoms with van der Waals surface area (Å²) in [5.74, 6) is 1.16. The number of anilines is 1. The van der Waals surface area contributed by atoms with Crippen LogP contribution in [-0.4, -0.2) is 15.6 Å². The smallest absolute Gasteiger partial charge is 0.293 e. The second-order valence-corrected chi connectivity index (χ2v) is 5.91. The highest BCUT2D eigenvalue weighted by Gasteiger charge is 2.21. The van der Waals surface area contributed by atoms with E-state index in [9.17, 15) is 4.79 Å². The summed E-state index contributed by atoms with van der Waals surface area (Å²) in [5, 5.41) is 3.33. The van der Waals surface area contributed by atoms with Crippen molar-refractivity contribution in [2.24, 2.45) is 5.92 Å². The Kier molecular flexibility index (Phi) is 4.61. The van der Waals surface area contributed by atoms with Crippen molar-refractivity contribution < 1.29 is 0 Å². The third kappa shape index (κ3) is 3.37. The average Bonchev–Trinajstić information content (AvgIpc) is 2.41. The third-order valence-electron chi connectivity index (χ3n) is 4.15. The molecule has 1 atom stereocenters. The Balaban J connectivity index is 2.10. The summed E-state index contributed by atoms with van der Waals surface area (Å²) in [4.78, 5) is 16.5. The fourth-order valence-electron chi connectivity index (χ4n) is 2.90. The first kappa shape index (κ1) is 14.1. The predicted octanol–water partition coefficient (Wildman–Crippen LogP) is 3.20. The molecule has 1 saturated carbocycles. The number of rotatable bonds is 4. The van der Waals surface area contributed by atoms with Gasteiger partial charge in [-0.1, -0.05) is 19.3 Å². The van der Waals surface area contributed by atoms with E-state index >= 15 is 0 Å². The molecular weight excluding hydrogens is 238 g/mol. The normalized spacial score (nSPS) is 18.5. The van der Waals surface area contributed by atoms with Gasteiger partial charge >= 0.3 is 0 Å².